The summed E-state index contributed by atoms with van der Waals surface area (Å²) in [6, 6.07) is 6.02. The quantitative estimate of drug-likeness (QED) is 0.811. The van der Waals surface area contributed by atoms with Crippen molar-refractivity contribution in [1.82, 2.24) is 14.8 Å². The van der Waals surface area contributed by atoms with Crippen molar-refractivity contribution in [3.63, 3.8) is 0 Å². The molecule has 0 saturated carbocycles. The van der Waals surface area contributed by atoms with Crippen LogP contribution in [0.1, 0.15) is 19.9 Å². The highest BCUT2D eigenvalue weighted by Crippen LogP contribution is 2.22. The van der Waals surface area contributed by atoms with Crippen molar-refractivity contribution in [2.45, 2.75) is 19.9 Å². The normalized spacial score (nSPS) is 10.9. The summed E-state index contributed by atoms with van der Waals surface area (Å²) in [5.41, 5.74) is 8.12. The zero-order valence-electron chi connectivity index (χ0n) is 8.88. The maximum absolute atomic E-state index is 5.89. The van der Waals surface area contributed by atoms with Gasteiger partial charge in [-0.15, -0.1) is 0 Å². The lowest BCUT2D eigenvalue weighted by molar-refractivity contribution is 0.534. The first-order valence-corrected chi connectivity index (χ1v) is 4.94. The molecule has 2 N–H and O–H groups in total. The van der Waals surface area contributed by atoms with Gasteiger partial charge >= 0.3 is 0 Å². The minimum Gasteiger partial charge on any atom is -0.396 e. The smallest absolute Gasteiger partial charge is 0.134 e. The summed E-state index contributed by atoms with van der Waals surface area (Å²) in [6.45, 7) is 4.13. The summed E-state index contributed by atoms with van der Waals surface area (Å²) >= 11 is 0. The van der Waals surface area contributed by atoms with E-state index in [0.29, 0.717) is 11.7 Å². The molecule has 0 bridgehead atoms. The Morgan fingerprint density at radius 3 is 2.67 bits per heavy atom. The van der Waals surface area contributed by atoms with Gasteiger partial charge in [-0.3, -0.25) is 9.67 Å². The minimum atomic E-state index is 0.310. The van der Waals surface area contributed by atoms with Crippen LogP contribution in [-0.4, -0.2) is 14.8 Å². The Hall–Kier alpha value is -1.84. The number of nitrogens with two attached hydrogens (primary N) is 1. The lowest BCUT2D eigenvalue weighted by atomic mass is 10.2. The van der Waals surface area contributed by atoms with Crippen molar-refractivity contribution in [1.29, 1.82) is 0 Å². The second kappa shape index (κ2) is 3.73. The Bertz CT molecular complexity index is 445. The van der Waals surface area contributed by atoms with Crippen molar-refractivity contribution in [3.8, 4) is 11.4 Å². The highest BCUT2D eigenvalue weighted by molar-refractivity contribution is 5.68. The number of pyridine rings is 1. The van der Waals surface area contributed by atoms with Gasteiger partial charge in [0.25, 0.3) is 0 Å². The van der Waals surface area contributed by atoms with Gasteiger partial charge in [-0.1, -0.05) is 6.07 Å². The van der Waals surface area contributed by atoms with E-state index in [4.69, 9.17) is 5.73 Å². The van der Waals surface area contributed by atoms with E-state index in [1.54, 1.807) is 6.20 Å². The van der Waals surface area contributed by atoms with Crippen LogP contribution < -0.4 is 5.73 Å². The van der Waals surface area contributed by atoms with Gasteiger partial charge in [0, 0.05) is 18.4 Å². The lowest BCUT2D eigenvalue weighted by Crippen LogP contribution is -2.00. The molecule has 0 unspecified atom stereocenters. The number of nitrogen functional groups attached to an aromatic ring is 1. The van der Waals surface area contributed by atoms with E-state index in [1.807, 2.05) is 29.1 Å². The molecule has 4 heteroatoms. The summed E-state index contributed by atoms with van der Waals surface area (Å²) in [7, 11) is 0. The maximum atomic E-state index is 5.89. The molecule has 0 radical (unpaired) electrons. The molecule has 2 aromatic rings. The molecule has 0 fully saturated rings. The molecule has 2 aromatic heterocycles. The largest absolute Gasteiger partial charge is 0.396 e. The van der Waals surface area contributed by atoms with Crippen LogP contribution in [0.5, 0.6) is 0 Å². The number of anilines is 1. The molecule has 0 aliphatic carbocycles. The molecule has 0 aliphatic rings. The second-order valence-electron chi connectivity index (χ2n) is 3.72. The zero-order valence-corrected chi connectivity index (χ0v) is 8.88. The summed E-state index contributed by atoms with van der Waals surface area (Å²) in [4.78, 5) is 4.23. The van der Waals surface area contributed by atoms with Crippen LogP contribution >= 0.6 is 0 Å². The molecular formula is C11H14N4. The Morgan fingerprint density at radius 2 is 2.13 bits per heavy atom. The fourth-order valence-corrected chi connectivity index (χ4v) is 1.37. The first kappa shape index (κ1) is 9.71. The molecule has 15 heavy (non-hydrogen) atoms. The Labute approximate surface area is 88.8 Å². The number of hydrogen-bond acceptors (Lipinski definition) is 3. The Morgan fingerprint density at radius 1 is 1.33 bits per heavy atom. The van der Waals surface area contributed by atoms with Crippen LogP contribution in [-0.2, 0) is 0 Å². The van der Waals surface area contributed by atoms with Gasteiger partial charge in [-0.2, -0.15) is 5.10 Å². The van der Waals surface area contributed by atoms with Crippen molar-refractivity contribution in [2.75, 3.05) is 5.73 Å². The predicted octanol–water partition coefficient (Wildman–Crippen LogP) is 2.11. The standard InChI is InChI=1S/C11H14N4/c1-8(2)15-7-9(12)11(14-15)10-5-3-4-6-13-10/h3-8H,12H2,1-2H3. The van der Waals surface area contributed by atoms with E-state index in [9.17, 15) is 0 Å². The Balaban J connectivity index is 2.45. The van der Waals surface area contributed by atoms with E-state index < -0.39 is 0 Å². The van der Waals surface area contributed by atoms with Crippen molar-refractivity contribution >= 4 is 5.69 Å². The molecule has 0 aliphatic heterocycles. The van der Waals surface area contributed by atoms with Crippen molar-refractivity contribution in [2.24, 2.45) is 0 Å². The average Bonchev–Trinajstić information content (AvgIpc) is 2.62. The molecule has 0 atom stereocenters. The van der Waals surface area contributed by atoms with Gasteiger partial charge in [-0.25, -0.2) is 0 Å². The average molecular weight is 202 g/mol. The lowest BCUT2D eigenvalue weighted by Gasteiger charge is -2.02. The van der Waals surface area contributed by atoms with E-state index in [-0.39, 0.29) is 0 Å². The van der Waals surface area contributed by atoms with Crippen molar-refractivity contribution in [3.05, 3.63) is 30.6 Å². The van der Waals surface area contributed by atoms with Gasteiger partial charge in [0.15, 0.2) is 0 Å². The van der Waals surface area contributed by atoms with Gasteiger partial charge < -0.3 is 5.73 Å². The number of rotatable bonds is 2. The number of hydrogen-bond donors (Lipinski definition) is 1. The zero-order chi connectivity index (χ0) is 10.8. The third-order valence-corrected chi connectivity index (χ3v) is 2.20. The molecule has 2 heterocycles. The molecule has 0 spiro atoms. The molecular weight excluding hydrogens is 188 g/mol. The van der Waals surface area contributed by atoms with Crippen molar-refractivity contribution < 1.29 is 0 Å². The Kier molecular flexibility index (Phi) is 2.41. The second-order valence-corrected chi connectivity index (χ2v) is 3.72. The SMILES string of the molecule is CC(C)n1cc(N)c(-c2ccccn2)n1. The summed E-state index contributed by atoms with van der Waals surface area (Å²) in [5, 5.41) is 4.41. The molecule has 0 saturated heterocycles. The molecule has 78 valence electrons. The summed E-state index contributed by atoms with van der Waals surface area (Å²) in [6.07, 6.45) is 3.58. The van der Waals surface area contributed by atoms with Gasteiger partial charge in [-0.05, 0) is 26.0 Å². The highest BCUT2D eigenvalue weighted by atomic mass is 15.3. The molecule has 0 aromatic carbocycles. The highest BCUT2D eigenvalue weighted by Gasteiger charge is 2.10. The fourth-order valence-electron chi connectivity index (χ4n) is 1.37. The van der Waals surface area contributed by atoms with E-state index in [2.05, 4.69) is 23.9 Å². The van der Waals surface area contributed by atoms with Gasteiger partial charge in [0.2, 0.25) is 0 Å². The summed E-state index contributed by atoms with van der Waals surface area (Å²) < 4.78 is 1.85. The molecule has 2 rings (SSSR count). The van der Waals surface area contributed by atoms with Crippen LogP contribution in [0.3, 0.4) is 0 Å². The fraction of sp³-hybridized carbons (Fsp3) is 0.273. The van der Waals surface area contributed by atoms with Crippen LogP contribution in [0.25, 0.3) is 11.4 Å². The first-order chi connectivity index (χ1) is 7.18. The maximum Gasteiger partial charge on any atom is 0.134 e. The third-order valence-electron chi connectivity index (χ3n) is 2.20. The van der Waals surface area contributed by atoms with E-state index in [1.165, 1.54) is 0 Å². The minimum absolute atomic E-state index is 0.310. The topological polar surface area (TPSA) is 56.7 Å². The monoisotopic (exact) mass is 202 g/mol. The van der Waals surface area contributed by atoms with E-state index >= 15 is 0 Å². The number of aromatic nitrogens is 3. The van der Waals surface area contributed by atoms with Crippen LogP contribution in [0, 0.1) is 0 Å². The molecule has 4 nitrogen and oxygen atoms in total. The van der Waals surface area contributed by atoms with E-state index in [0.717, 1.165) is 11.4 Å². The van der Waals surface area contributed by atoms with Gasteiger partial charge in [0.1, 0.15) is 5.69 Å². The predicted molar refractivity (Wildman–Crippen MR) is 60.3 cm³/mol. The summed E-state index contributed by atoms with van der Waals surface area (Å²) in [5.74, 6) is 0. The van der Waals surface area contributed by atoms with Crippen LogP contribution in [0.15, 0.2) is 30.6 Å². The first-order valence-electron chi connectivity index (χ1n) is 4.94. The third kappa shape index (κ3) is 1.83. The van der Waals surface area contributed by atoms with Gasteiger partial charge in [0.05, 0.1) is 11.4 Å². The number of nitrogens with zero attached hydrogens (tertiary/aromatic N) is 3. The van der Waals surface area contributed by atoms with Crippen LogP contribution in [0.2, 0.25) is 0 Å². The van der Waals surface area contributed by atoms with Crippen LogP contribution in [0.4, 0.5) is 5.69 Å². The molecule has 0 amide bonds.